The first-order valence-electron chi connectivity index (χ1n) is 23.8. The van der Waals surface area contributed by atoms with Gasteiger partial charge in [0.2, 0.25) is 0 Å². The number of hydrogen-bond donors (Lipinski definition) is 4. The molecule has 4 N–H and O–H groups in total. The van der Waals surface area contributed by atoms with E-state index in [9.17, 15) is 0 Å². The standard InChI is InChI=1S/C64H56N6/c1-45-17-11-21-51(41-45)65-59-29-15-31-61(63(59)67-53-23-13-19-47(3)43-53)69(55-25-7-5-8-26-55)57-37-33-49(34-38-57)50-35-39-58(40-36-50)70(56-27-9-6-10-28-56)62-32-16-30-60(66-52-22-12-18-46(2)42-52)64(62)68-54-24-14-20-48(4)44-54/h5-44,65-68H,1-4H3. The second kappa shape index (κ2) is 20.5. The van der Waals surface area contributed by atoms with Crippen LogP contribution >= 0.6 is 0 Å². The molecule has 6 heteroatoms. The van der Waals surface area contributed by atoms with Crippen LogP contribution in [0.25, 0.3) is 11.1 Å². The van der Waals surface area contributed by atoms with Crippen molar-refractivity contribution in [1.82, 2.24) is 0 Å². The van der Waals surface area contributed by atoms with Crippen molar-refractivity contribution in [2.45, 2.75) is 27.7 Å². The summed E-state index contributed by atoms with van der Waals surface area (Å²) in [5.74, 6) is 0. The first-order valence-corrected chi connectivity index (χ1v) is 23.8. The first kappa shape index (κ1) is 44.8. The van der Waals surface area contributed by atoms with Crippen molar-refractivity contribution in [3.8, 4) is 11.1 Å². The summed E-state index contributed by atoms with van der Waals surface area (Å²) in [7, 11) is 0. The van der Waals surface area contributed by atoms with Gasteiger partial charge in [0.05, 0.1) is 34.1 Å². The lowest BCUT2D eigenvalue weighted by Crippen LogP contribution is -2.13. The van der Waals surface area contributed by atoms with E-state index >= 15 is 0 Å². The smallest absolute Gasteiger partial charge is 0.0868 e. The molecule has 0 aliphatic carbocycles. The Balaban J connectivity index is 1.02. The third kappa shape index (κ3) is 10.3. The molecule has 0 fully saturated rings. The number of benzene rings is 10. The van der Waals surface area contributed by atoms with E-state index in [1.54, 1.807) is 0 Å². The summed E-state index contributed by atoms with van der Waals surface area (Å²) < 4.78 is 0. The Hall–Kier alpha value is -9.00. The average molecular weight is 909 g/mol. The minimum Gasteiger partial charge on any atom is -0.354 e. The Kier molecular flexibility index (Phi) is 13.1. The maximum Gasteiger partial charge on any atom is 0.0868 e. The van der Waals surface area contributed by atoms with E-state index in [4.69, 9.17) is 0 Å². The number of nitrogens with one attached hydrogen (secondary N) is 4. The number of anilines is 14. The lowest BCUT2D eigenvalue weighted by atomic mass is 10.0. The summed E-state index contributed by atoms with van der Waals surface area (Å²) in [4.78, 5) is 4.66. The van der Waals surface area contributed by atoms with E-state index in [1.807, 2.05) is 0 Å². The van der Waals surface area contributed by atoms with E-state index in [2.05, 4.69) is 301 Å². The summed E-state index contributed by atoms with van der Waals surface area (Å²) in [6.45, 7) is 8.49. The van der Waals surface area contributed by atoms with Gasteiger partial charge in [-0.05, 0) is 182 Å². The number of hydrogen-bond acceptors (Lipinski definition) is 6. The monoisotopic (exact) mass is 908 g/mol. The van der Waals surface area contributed by atoms with Gasteiger partial charge in [0.15, 0.2) is 0 Å². The average Bonchev–Trinajstić information content (AvgIpc) is 3.37. The predicted molar refractivity (Wildman–Crippen MR) is 299 cm³/mol. The minimum absolute atomic E-state index is 0.967. The van der Waals surface area contributed by atoms with Crippen molar-refractivity contribution in [2.24, 2.45) is 0 Å². The van der Waals surface area contributed by atoms with Gasteiger partial charge in [-0.3, -0.25) is 0 Å². The van der Waals surface area contributed by atoms with Gasteiger partial charge in [0, 0.05) is 45.5 Å². The fraction of sp³-hybridized carbons (Fsp3) is 0.0625. The van der Waals surface area contributed by atoms with Crippen LogP contribution in [-0.2, 0) is 0 Å². The molecule has 6 nitrogen and oxygen atoms in total. The molecule has 342 valence electrons. The highest BCUT2D eigenvalue weighted by molar-refractivity contribution is 5.96. The van der Waals surface area contributed by atoms with Crippen LogP contribution < -0.4 is 31.1 Å². The number of rotatable bonds is 15. The molecule has 0 aromatic heterocycles. The van der Waals surface area contributed by atoms with Crippen molar-refractivity contribution in [3.05, 3.63) is 265 Å². The lowest BCUT2D eigenvalue weighted by Gasteiger charge is -2.30. The van der Waals surface area contributed by atoms with E-state index < -0.39 is 0 Å². The number of aryl methyl sites for hydroxylation is 4. The molecule has 0 bridgehead atoms. The molecule has 0 amide bonds. The van der Waals surface area contributed by atoms with Crippen molar-refractivity contribution in [1.29, 1.82) is 0 Å². The summed E-state index contributed by atoms with van der Waals surface area (Å²) in [6.07, 6.45) is 0. The first-order chi connectivity index (χ1) is 34.3. The maximum atomic E-state index is 3.83. The van der Waals surface area contributed by atoms with E-state index in [1.165, 1.54) is 22.3 Å². The van der Waals surface area contributed by atoms with Crippen LogP contribution in [0.1, 0.15) is 22.3 Å². The third-order valence-corrected chi connectivity index (χ3v) is 12.3. The molecule has 0 aliphatic heterocycles. The van der Waals surface area contributed by atoms with Crippen LogP contribution in [0, 0.1) is 27.7 Å². The Bertz CT molecular complexity index is 3140. The maximum absolute atomic E-state index is 3.83. The SMILES string of the molecule is Cc1cccc(Nc2cccc(N(c3ccccc3)c3ccc(-c4ccc(N(c5ccccc5)c5cccc(Nc6cccc(C)c6)c5Nc5cccc(C)c5)cc4)cc3)c2Nc2cccc(C)c2)c1. The Morgan fingerprint density at radius 3 is 0.886 bits per heavy atom. The summed E-state index contributed by atoms with van der Waals surface area (Å²) >= 11 is 0. The highest BCUT2D eigenvalue weighted by Gasteiger charge is 2.22. The minimum atomic E-state index is 0.967. The Morgan fingerprint density at radius 2 is 0.557 bits per heavy atom. The molecule has 0 radical (unpaired) electrons. The Labute approximate surface area is 412 Å². The van der Waals surface area contributed by atoms with Gasteiger partial charge >= 0.3 is 0 Å². The molecule has 0 unspecified atom stereocenters. The molecule has 0 atom stereocenters. The van der Waals surface area contributed by atoms with Crippen LogP contribution in [-0.4, -0.2) is 0 Å². The molecule has 70 heavy (non-hydrogen) atoms. The molecular weight excluding hydrogens is 853 g/mol. The number of para-hydroxylation sites is 4. The van der Waals surface area contributed by atoms with Crippen LogP contribution in [0.4, 0.5) is 79.6 Å². The second-order valence-electron chi connectivity index (χ2n) is 17.8. The van der Waals surface area contributed by atoms with Gasteiger partial charge in [-0.1, -0.05) is 121 Å². The van der Waals surface area contributed by atoms with E-state index in [-0.39, 0.29) is 0 Å². The lowest BCUT2D eigenvalue weighted by molar-refractivity contribution is 1.27. The second-order valence-corrected chi connectivity index (χ2v) is 17.8. The van der Waals surface area contributed by atoms with Gasteiger partial charge in [0.25, 0.3) is 0 Å². The van der Waals surface area contributed by atoms with Crippen molar-refractivity contribution < 1.29 is 0 Å². The van der Waals surface area contributed by atoms with Crippen molar-refractivity contribution >= 4 is 79.6 Å². The van der Waals surface area contributed by atoms with Gasteiger partial charge in [-0.25, -0.2) is 0 Å². The fourth-order valence-electron chi connectivity index (χ4n) is 9.03. The van der Waals surface area contributed by atoms with Crippen LogP contribution in [0.15, 0.2) is 243 Å². The van der Waals surface area contributed by atoms with Crippen molar-refractivity contribution in [3.63, 3.8) is 0 Å². The fourth-order valence-corrected chi connectivity index (χ4v) is 9.03. The van der Waals surface area contributed by atoms with E-state index in [0.29, 0.717) is 0 Å². The summed E-state index contributed by atoms with van der Waals surface area (Å²) in [5.41, 5.74) is 21.2. The Morgan fingerprint density at radius 1 is 0.257 bits per heavy atom. The molecule has 0 aliphatic rings. The van der Waals surface area contributed by atoms with Gasteiger partial charge < -0.3 is 31.1 Å². The molecule has 0 heterocycles. The van der Waals surface area contributed by atoms with Crippen LogP contribution in [0.2, 0.25) is 0 Å². The highest BCUT2D eigenvalue weighted by Crippen LogP contribution is 2.47. The number of nitrogens with zero attached hydrogens (tertiary/aromatic N) is 2. The summed E-state index contributed by atoms with van der Waals surface area (Å²) in [5, 5.41) is 15.1. The van der Waals surface area contributed by atoms with Gasteiger partial charge in [-0.15, -0.1) is 0 Å². The molecule has 10 aromatic carbocycles. The van der Waals surface area contributed by atoms with Gasteiger partial charge in [0.1, 0.15) is 0 Å². The zero-order valence-corrected chi connectivity index (χ0v) is 40.0. The third-order valence-electron chi connectivity index (χ3n) is 12.3. The highest BCUT2D eigenvalue weighted by atomic mass is 15.2. The normalized spacial score (nSPS) is 10.9. The molecule has 0 saturated carbocycles. The molecule has 10 rings (SSSR count). The topological polar surface area (TPSA) is 54.6 Å². The van der Waals surface area contributed by atoms with Crippen molar-refractivity contribution in [2.75, 3.05) is 31.1 Å². The van der Waals surface area contributed by atoms with E-state index in [0.717, 1.165) is 90.8 Å². The molecule has 0 saturated heterocycles. The molecular formula is C64H56N6. The van der Waals surface area contributed by atoms with Gasteiger partial charge in [-0.2, -0.15) is 0 Å². The zero-order valence-electron chi connectivity index (χ0n) is 40.0. The van der Waals surface area contributed by atoms with Crippen LogP contribution in [0.5, 0.6) is 0 Å². The summed E-state index contributed by atoms with van der Waals surface area (Å²) in [6, 6.07) is 85.9. The largest absolute Gasteiger partial charge is 0.354 e. The quantitative estimate of drug-likeness (QED) is 0.0822. The van der Waals surface area contributed by atoms with Crippen LogP contribution in [0.3, 0.4) is 0 Å². The molecule has 0 spiro atoms. The molecule has 10 aromatic rings. The predicted octanol–water partition coefficient (Wildman–Crippen LogP) is 18.5. The zero-order chi connectivity index (χ0) is 47.8.